The van der Waals surface area contributed by atoms with Gasteiger partial charge < -0.3 is 9.84 Å². The van der Waals surface area contributed by atoms with Crippen LogP contribution in [0.3, 0.4) is 0 Å². The number of hydrogen-bond acceptors (Lipinski definition) is 2. The lowest BCUT2D eigenvalue weighted by Gasteiger charge is -2.03. The molecule has 0 fully saturated rings. The lowest BCUT2D eigenvalue weighted by atomic mass is 10.0. The molecule has 0 aromatic heterocycles. The Balaban J connectivity index is -0.00000180. The molecule has 0 aromatic rings. The van der Waals surface area contributed by atoms with Crippen molar-refractivity contribution in [2.24, 2.45) is 0 Å². The smallest absolute Gasteiger partial charge is 0.0697 e. The van der Waals surface area contributed by atoms with Crippen molar-refractivity contribution in [2.75, 3.05) is 19.8 Å². The highest BCUT2D eigenvalue weighted by molar-refractivity contribution is 4.49. The third-order valence-electron chi connectivity index (χ3n) is 3.88. The molecule has 138 valence electrons. The van der Waals surface area contributed by atoms with E-state index in [0.717, 1.165) is 13.0 Å². The zero-order valence-corrected chi connectivity index (χ0v) is 13.9. The second-order valence-corrected chi connectivity index (χ2v) is 5.93. The topological polar surface area (TPSA) is 29.5 Å². The van der Waals surface area contributed by atoms with Crippen LogP contribution in [-0.4, -0.2) is 24.9 Å². The second-order valence-electron chi connectivity index (χ2n) is 5.93. The average molecular weight is 319 g/mol. The maximum Gasteiger partial charge on any atom is 0.0697 e. The van der Waals surface area contributed by atoms with Crippen molar-refractivity contribution >= 4 is 0 Å². The van der Waals surface area contributed by atoms with Gasteiger partial charge in [-0.25, -0.2) is 0 Å². The number of aliphatic hydroxyl groups is 1. The van der Waals surface area contributed by atoms with Crippen LogP contribution in [0.4, 0.5) is 0 Å². The fraction of sp³-hybridized carbons (Fsp3) is 1.00. The second kappa shape index (κ2) is 25.9. The first-order valence-corrected chi connectivity index (χ1v) is 9.10. The van der Waals surface area contributed by atoms with Gasteiger partial charge in [0.15, 0.2) is 0 Å². The summed E-state index contributed by atoms with van der Waals surface area (Å²) in [5, 5.41) is 8.56. The number of ether oxygens (including phenoxy) is 1. The van der Waals surface area contributed by atoms with Gasteiger partial charge in [0.2, 0.25) is 0 Å². The van der Waals surface area contributed by atoms with Crippen LogP contribution in [0.5, 0.6) is 0 Å². The van der Waals surface area contributed by atoms with Crippen molar-refractivity contribution in [3.05, 3.63) is 0 Å². The minimum absolute atomic E-state index is 0. The van der Waals surface area contributed by atoms with Crippen LogP contribution in [0.15, 0.2) is 0 Å². The molecule has 0 bridgehead atoms. The van der Waals surface area contributed by atoms with E-state index in [0.29, 0.717) is 6.61 Å². The van der Waals surface area contributed by atoms with E-state index in [2.05, 4.69) is 6.92 Å². The molecule has 0 radical (unpaired) electrons. The van der Waals surface area contributed by atoms with Crippen molar-refractivity contribution in [2.45, 2.75) is 112 Å². The molecule has 1 N–H and O–H groups in total. The van der Waals surface area contributed by atoms with E-state index in [1.54, 1.807) is 0 Å². The molecule has 2 heteroatoms. The molecule has 2 nitrogen and oxygen atoms in total. The Bertz CT molecular complexity index is 142. The van der Waals surface area contributed by atoms with Gasteiger partial charge in [-0.2, -0.15) is 0 Å². The van der Waals surface area contributed by atoms with Crippen LogP contribution in [0.2, 0.25) is 0 Å². The Hall–Kier alpha value is -0.0800. The molecule has 0 amide bonds. The number of aliphatic hydroxyl groups excluding tert-OH is 1. The van der Waals surface area contributed by atoms with Crippen LogP contribution in [-0.2, 0) is 4.74 Å². The third kappa shape index (κ3) is 24.9. The summed E-state index contributed by atoms with van der Waals surface area (Å²) in [6, 6.07) is 0. The van der Waals surface area contributed by atoms with E-state index in [-0.39, 0.29) is 21.5 Å². The average Bonchev–Trinajstić information content (AvgIpc) is 2.47. The van der Waals surface area contributed by atoms with Crippen molar-refractivity contribution < 1.29 is 9.84 Å². The maximum absolute atomic E-state index is 8.56. The third-order valence-corrected chi connectivity index (χ3v) is 3.88. The molecular formula is C20H46O2. The molecule has 0 aliphatic carbocycles. The van der Waals surface area contributed by atoms with Gasteiger partial charge in [0.1, 0.15) is 0 Å². The molecule has 0 aliphatic heterocycles. The molecule has 22 heavy (non-hydrogen) atoms. The fourth-order valence-corrected chi connectivity index (χ4v) is 2.57. The monoisotopic (exact) mass is 318 g/mol. The zero-order chi connectivity index (χ0) is 14.7. The maximum atomic E-state index is 8.56. The molecule has 0 aliphatic rings. The first-order valence-electron chi connectivity index (χ1n) is 9.10. The zero-order valence-electron chi connectivity index (χ0n) is 13.9. The summed E-state index contributed by atoms with van der Waals surface area (Å²) in [6.45, 7) is 3.75. The molecule has 0 heterocycles. The van der Waals surface area contributed by atoms with Crippen LogP contribution in [0, 0.1) is 0 Å². The predicted octanol–water partition coefficient (Wildman–Crippen LogP) is 6.75. The van der Waals surface area contributed by atoms with Gasteiger partial charge in [-0.05, 0) is 6.42 Å². The first kappa shape index (κ1) is 26.8. The Kier molecular flexibility index (Phi) is 31.5. The van der Waals surface area contributed by atoms with Gasteiger partial charge in [-0.15, -0.1) is 0 Å². The summed E-state index contributed by atoms with van der Waals surface area (Å²) in [5.41, 5.74) is 0. The van der Waals surface area contributed by atoms with Crippen LogP contribution < -0.4 is 0 Å². The van der Waals surface area contributed by atoms with Gasteiger partial charge in [-0.3, -0.25) is 0 Å². The van der Waals surface area contributed by atoms with E-state index in [1.807, 2.05) is 0 Å². The molecular weight excluding hydrogens is 272 g/mol. The molecule has 0 saturated carbocycles. The molecule has 0 unspecified atom stereocenters. The Morgan fingerprint density at radius 1 is 0.545 bits per heavy atom. The van der Waals surface area contributed by atoms with Gasteiger partial charge >= 0.3 is 0 Å². The predicted molar refractivity (Wildman–Crippen MR) is 102 cm³/mol. The van der Waals surface area contributed by atoms with Crippen LogP contribution in [0.25, 0.3) is 0 Å². The Morgan fingerprint density at radius 3 is 1.27 bits per heavy atom. The fourth-order valence-electron chi connectivity index (χ4n) is 2.57. The molecule has 0 spiro atoms. The van der Waals surface area contributed by atoms with E-state index in [1.165, 1.54) is 83.5 Å². The lowest BCUT2D eigenvalue weighted by molar-refractivity contribution is 0.0895. The summed E-state index contributed by atoms with van der Waals surface area (Å²) in [4.78, 5) is 0. The van der Waals surface area contributed by atoms with Crippen molar-refractivity contribution in [1.29, 1.82) is 0 Å². The van der Waals surface area contributed by atoms with Gasteiger partial charge in [0.25, 0.3) is 0 Å². The van der Waals surface area contributed by atoms with Crippen molar-refractivity contribution in [3.8, 4) is 0 Å². The van der Waals surface area contributed by atoms with E-state index in [4.69, 9.17) is 9.84 Å². The van der Waals surface area contributed by atoms with Gasteiger partial charge in [-0.1, -0.05) is 105 Å². The van der Waals surface area contributed by atoms with Crippen LogP contribution in [0.1, 0.15) is 112 Å². The molecule has 0 aromatic carbocycles. The number of unbranched alkanes of at least 4 members (excludes halogenated alkanes) is 13. The van der Waals surface area contributed by atoms with Crippen molar-refractivity contribution in [1.82, 2.24) is 0 Å². The summed E-state index contributed by atoms with van der Waals surface area (Å²) < 4.78 is 5.24. The van der Waals surface area contributed by atoms with E-state index in [9.17, 15) is 0 Å². The SMILES string of the molecule is C.C.CCCCCCCCCCCCCCCCOCCO. The van der Waals surface area contributed by atoms with Gasteiger partial charge in [0, 0.05) is 6.61 Å². The first-order chi connectivity index (χ1) is 9.91. The highest BCUT2D eigenvalue weighted by atomic mass is 16.5. The van der Waals surface area contributed by atoms with E-state index < -0.39 is 0 Å². The summed E-state index contributed by atoms with van der Waals surface area (Å²) >= 11 is 0. The minimum atomic E-state index is 0. The standard InChI is InChI=1S/C18H38O2.2CH4/c1-2-3-4-5-6-7-8-9-10-11-12-13-14-15-17-20-18-16-19;;/h19H,2-18H2,1H3;2*1H4. The lowest BCUT2D eigenvalue weighted by Crippen LogP contribution is -2.00. The van der Waals surface area contributed by atoms with Crippen LogP contribution >= 0.6 is 0 Å². The number of hydrogen-bond donors (Lipinski definition) is 1. The molecule has 0 atom stereocenters. The highest BCUT2D eigenvalue weighted by Gasteiger charge is 1.94. The Morgan fingerprint density at radius 2 is 0.909 bits per heavy atom. The van der Waals surface area contributed by atoms with Gasteiger partial charge in [0.05, 0.1) is 13.2 Å². The van der Waals surface area contributed by atoms with E-state index >= 15 is 0 Å². The summed E-state index contributed by atoms with van der Waals surface area (Å²) in [7, 11) is 0. The van der Waals surface area contributed by atoms with Crippen molar-refractivity contribution in [3.63, 3.8) is 0 Å². The molecule has 0 rings (SSSR count). The highest BCUT2D eigenvalue weighted by Crippen LogP contribution is 2.12. The number of rotatable bonds is 17. The summed E-state index contributed by atoms with van der Waals surface area (Å²) in [5.74, 6) is 0. The molecule has 0 saturated heterocycles. The normalized spacial score (nSPS) is 10.1. The minimum Gasteiger partial charge on any atom is -0.394 e. The Labute approximate surface area is 142 Å². The largest absolute Gasteiger partial charge is 0.394 e. The summed E-state index contributed by atoms with van der Waals surface area (Å²) in [6.07, 6.45) is 19.5. The quantitative estimate of drug-likeness (QED) is 0.301.